The molecular weight excluding hydrogens is 1020 g/mol. The Morgan fingerprint density at radius 3 is 2.43 bits per heavy atom. The normalized spacial score (nSPS) is 24.4. The van der Waals surface area contributed by atoms with Gasteiger partial charge in [-0.3, -0.25) is 33.9 Å². The molecule has 21 heteroatoms. The predicted molar refractivity (Wildman–Crippen MR) is 290 cm³/mol. The van der Waals surface area contributed by atoms with Gasteiger partial charge < -0.3 is 39.1 Å². The van der Waals surface area contributed by atoms with E-state index < -0.39 is 34.7 Å². The summed E-state index contributed by atoms with van der Waals surface area (Å²) in [6.45, 7) is 6.36. The maximum absolute atomic E-state index is 17.2. The van der Waals surface area contributed by atoms with Crippen LogP contribution >= 0.6 is 0 Å². The Hall–Kier alpha value is -7.41. The number of terminal acetylenes is 1. The first-order valence-corrected chi connectivity index (χ1v) is 27.6. The number of benzene rings is 3. The van der Waals surface area contributed by atoms with Crippen LogP contribution in [0.15, 0.2) is 53.5 Å². The number of imidazole rings is 1. The summed E-state index contributed by atoms with van der Waals surface area (Å²) in [6.07, 6.45) is 15.1. The summed E-state index contributed by atoms with van der Waals surface area (Å²) < 4.78 is 54.5. The number of β-amino-alcohol motifs (C(OH)–C–C–N with tert-alkyl or cyclic N) is 1. The van der Waals surface area contributed by atoms with Crippen LogP contribution in [0.4, 0.5) is 25.1 Å². The number of aliphatic hydroxyl groups is 1. The molecule has 0 radical (unpaired) electrons. The second kappa shape index (κ2) is 20.7. The monoisotopic (exact) mass is 1080 g/mol. The van der Waals surface area contributed by atoms with Crippen LogP contribution in [-0.4, -0.2) is 150 Å². The van der Waals surface area contributed by atoms with Gasteiger partial charge in [0, 0.05) is 81.6 Å². The molecule has 79 heavy (non-hydrogen) atoms. The van der Waals surface area contributed by atoms with Crippen molar-refractivity contribution in [2.45, 2.75) is 119 Å². The Morgan fingerprint density at radius 1 is 0.899 bits per heavy atom. The molecule has 0 saturated carbocycles. The van der Waals surface area contributed by atoms with E-state index in [4.69, 9.17) is 25.6 Å². The Balaban J connectivity index is 0.664. The van der Waals surface area contributed by atoms with Crippen LogP contribution in [0, 0.1) is 24.0 Å². The van der Waals surface area contributed by atoms with Gasteiger partial charge in [-0.25, -0.2) is 18.4 Å². The van der Waals surface area contributed by atoms with E-state index in [2.05, 4.69) is 31.0 Å². The number of aromatic hydroxyl groups is 1. The van der Waals surface area contributed by atoms with Gasteiger partial charge in [-0.1, -0.05) is 12.0 Å². The number of amides is 3. The third kappa shape index (κ3) is 9.75. The third-order valence-corrected chi connectivity index (χ3v) is 17.5. The molecular formula is C58H64F2N10O9. The standard InChI is InChI=1S/C58H64F2N10O9/c1-4-40-43(59)9-7-34-27-37(71)29-41(48(34)40)50-49(60)51-42(30-61-50)52(68-21-5-18-57(2,76)32-68)64-54(63-51)78-33-58-19-6-22-69(58)36(13-20-58)31-77-56(75)67-25-16-39(17-26-67)79-38-14-23-66(24-15-38)35-8-10-44-46(28-35)65(3)55(74)70(44)45-11-12-47(72)62-53(45)73/h1,7-10,27-30,36,38-39,45,71,76H,5-6,11-26,31-33H2,2-3H3,(H,62,72,73)/t36-,45?,57+,58-/m0/s1. The highest BCUT2D eigenvalue weighted by molar-refractivity contribution is 6.03. The van der Waals surface area contributed by atoms with Gasteiger partial charge in [-0.15, -0.1) is 6.42 Å². The number of pyridine rings is 1. The number of likely N-dealkylation sites (tertiary alicyclic amines) is 1. The molecule has 3 N–H and O–H groups in total. The first kappa shape index (κ1) is 52.3. The number of fused-ring (bicyclic) bond motifs is 4. The number of nitrogens with one attached hydrogen (secondary N) is 1. The van der Waals surface area contributed by atoms with Gasteiger partial charge >= 0.3 is 17.8 Å². The maximum atomic E-state index is 17.2. The lowest BCUT2D eigenvalue weighted by Gasteiger charge is -2.38. The second-order valence-electron chi connectivity index (χ2n) is 22.6. The minimum Gasteiger partial charge on any atom is -0.508 e. The highest BCUT2D eigenvalue weighted by Gasteiger charge is 2.50. The van der Waals surface area contributed by atoms with Crippen LogP contribution in [0.2, 0.25) is 0 Å². The highest BCUT2D eigenvalue weighted by atomic mass is 19.1. The number of rotatable bonds is 11. The van der Waals surface area contributed by atoms with Crippen molar-refractivity contribution in [2.24, 2.45) is 7.05 Å². The van der Waals surface area contributed by atoms with Crippen molar-refractivity contribution in [1.29, 1.82) is 0 Å². The number of carbonyl (C=O) groups excluding carboxylic acids is 3. The van der Waals surface area contributed by atoms with Gasteiger partial charge in [0.05, 0.1) is 45.3 Å². The maximum Gasteiger partial charge on any atom is 0.409 e. The summed E-state index contributed by atoms with van der Waals surface area (Å²) in [5.41, 5.74) is 0.368. The average molecular weight is 1080 g/mol. The van der Waals surface area contributed by atoms with Crippen LogP contribution in [0.3, 0.4) is 0 Å². The van der Waals surface area contributed by atoms with Gasteiger partial charge in [0.25, 0.3) is 0 Å². The zero-order valence-electron chi connectivity index (χ0n) is 44.4. The number of piperidine rings is 4. The van der Waals surface area contributed by atoms with E-state index in [-0.39, 0.29) is 108 Å². The van der Waals surface area contributed by atoms with Crippen molar-refractivity contribution in [2.75, 3.05) is 68.8 Å². The molecule has 6 saturated heterocycles. The zero-order valence-corrected chi connectivity index (χ0v) is 44.4. The van der Waals surface area contributed by atoms with E-state index in [0.29, 0.717) is 67.4 Å². The number of aryl methyl sites for hydroxylation is 1. The van der Waals surface area contributed by atoms with E-state index in [1.54, 1.807) is 23.4 Å². The molecule has 3 amide bonds. The van der Waals surface area contributed by atoms with E-state index >= 15 is 8.78 Å². The smallest absolute Gasteiger partial charge is 0.409 e. The molecule has 6 aromatic rings. The summed E-state index contributed by atoms with van der Waals surface area (Å²) in [7, 11) is 1.70. The molecule has 1 unspecified atom stereocenters. The Morgan fingerprint density at radius 2 is 1.67 bits per heavy atom. The van der Waals surface area contributed by atoms with Crippen LogP contribution in [-0.2, 0) is 26.1 Å². The number of halogens is 2. The largest absolute Gasteiger partial charge is 0.508 e. The molecule has 19 nitrogen and oxygen atoms in total. The summed E-state index contributed by atoms with van der Waals surface area (Å²) in [5.74, 6) is 0.260. The Bertz CT molecular complexity index is 3530. The molecule has 6 aliphatic heterocycles. The fourth-order valence-corrected chi connectivity index (χ4v) is 13.4. The van der Waals surface area contributed by atoms with Crippen LogP contribution in [0.25, 0.3) is 44.0 Å². The molecule has 9 heterocycles. The first-order valence-electron chi connectivity index (χ1n) is 27.6. The number of ether oxygens (including phenoxy) is 3. The van der Waals surface area contributed by atoms with Gasteiger partial charge in [-0.2, -0.15) is 9.97 Å². The second-order valence-corrected chi connectivity index (χ2v) is 22.6. The van der Waals surface area contributed by atoms with E-state index in [1.165, 1.54) is 35.0 Å². The van der Waals surface area contributed by atoms with Crippen molar-refractivity contribution >= 4 is 62.1 Å². The highest BCUT2D eigenvalue weighted by Crippen LogP contribution is 2.44. The minimum absolute atomic E-state index is 0.0258. The van der Waals surface area contributed by atoms with Crippen molar-refractivity contribution in [3.05, 3.63) is 76.3 Å². The fraction of sp³-hybridized carbons (Fsp3) is 0.500. The van der Waals surface area contributed by atoms with E-state index in [9.17, 15) is 29.4 Å². The van der Waals surface area contributed by atoms with Crippen molar-refractivity contribution < 1.29 is 47.6 Å². The lowest BCUT2D eigenvalue weighted by Crippen LogP contribution is -2.49. The number of phenols is 1. The number of anilines is 2. The van der Waals surface area contributed by atoms with Gasteiger partial charge in [0.15, 0.2) is 5.82 Å². The van der Waals surface area contributed by atoms with E-state index in [1.807, 2.05) is 23.1 Å². The molecule has 3 aromatic heterocycles. The quantitative estimate of drug-likeness (QED) is 0.0940. The topological polar surface area (TPSA) is 210 Å². The average Bonchev–Trinajstić information content (AvgIpc) is 4.32. The Kier molecular flexibility index (Phi) is 13.7. The molecule has 12 rings (SSSR count). The molecule has 6 fully saturated rings. The molecule has 6 aliphatic rings. The van der Waals surface area contributed by atoms with Gasteiger partial charge in [0.2, 0.25) is 11.8 Å². The van der Waals surface area contributed by atoms with Gasteiger partial charge in [0.1, 0.15) is 47.9 Å². The number of imide groups is 1. The first-order chi connectivity index (χ1) is 38.1. The summed E-state index contributed by atoms with van der Waals surface area (Å²) in [4.78, 5) is 73.7. The minimum atomic E-state index is -1.03. The van der Waals surface area contributed by atoms with E-state index in [0.717, 1.165) is 69.4 Å². The number of carbonyl (C=O) groups is 3. The number of hydrogen-bond donors (Lipinski definition) is 3. The number of aromatic nitrogens is 5. The number of hydrogen-bond acceptors (Lipinski definition) is 15. The van der Waals surface area contributed by atoms with Crippen LogP contribution in [0.1, 0.15) is 95.6 Å². The summed E-state index contributed by atoms with van der Waals surface area (Å²) in [6, 6.07) is 10.4. The summed E-state index contributed by atoms with van der Waals surface area (Å²) >= 11 is 0. The zero-order chi connectivity index (χ0) is 54.9. The predicted octanol–water partition coefficient (Wildman–Crippen LogP) is 6.45. The number of phenolic OH excluding ortho intramolecular Hbond substituents is 1. The molecule has 4 atom stereocenters. The van der Waals surface area contributed by atoms with Crippen LogP contribution in [0.5, 0.6) is 11.8 Å². The molecule has 3 aromatic carbocycles. The van der Waals surface area contributed by atoms with Crippen LogP contribution < -0.4 is 25.5 Å². The lowest BCUT2D eigenvalue weighted by molar-refractivity contribution is -0.135. The van der Waals surface area contributed by atoms with Crippen molar-refractivity contribution in [3.8, 4) is 35.4 Å². The summed E-state index contributed by atoms with van der Waals surface area (Å²) in [5, 5.41) is 25.1. The number of nitrogens with zero attached hydrogens (tertiary/aromatic N) is 9. The third-order valence-electron chi connectivity index (χ3n) is 17.5. The van der Waals surface area contributed by atoms with Gasteiger partial charge in [-0.05, 0) is 126 Å². The lowest BCUT2D eigenvalue weighted by atomic mass is 9.94. The molecule has 0 spiro atoms. The SMILES string of the molecule is C#Cc1c(F)ccc2cc(O)cc(-c3ncc4c(N5CCC[C@@](C)(O)C5)nc(OC[C@@]56CCCN5[C@H](COC(=O)N5CCC(OC7CCN(c8ccc9c(c8)n(C)c(=O)n9C8CCC(=O)NC8=O)CC7)CC5)CC6)nc4c3F)c12. The van der Waals surface area contributed by atoms with Crippen molar-refractivity contribution in [3.63, 3.8) is 0 Å². The molecule has 0 bridgehead atoms. The fourth-order valence-electron chi connectivity index (χ4n) is 13.4. The Labute approximate surface area is 454 Å². The molecule has 0 aliphatic carbocycles. The van der Waals surface area contributed by atoms with Crippen molar-refractivity contribution in [1.82, 2.24) is 39.2 Å². The molecule has 414 valence electrons.